The maximum Gasteiger partial charge on any atom is 0.256 e. The van der Waals surface area contributed by atoms with Crippen LogP contribution in [0.3, 0.4) is 0 Å². The van der Waals surface area contributed by atoms with Gasteiger partial charge in [-0.1, -0.05) is 13.8 Å². The first-order chi connectivity index (χ1) is 8.51. The van der Waals surface area contributed by atoms with Crippen LogP contribution in [0.1, 0.15) is 19.4 Å². The van der Waals surface area contributed by atoms with Crippen LogP contribution in [-0.4, -0.2) is 19.0 Å². The van der Waals surface area contributed by atoms with E-state index in [1.54, 1.807) is 12.1 Å². The SMILES string of the molecule is CC(C)C(C(=O)NN)N(C)c1ccc(C#N)cc1. The van der Waals surface area contributed by atoms with Gasteiger partial charge in [-0.05, 0) is 30.2 Å². The summed E-state index contributed by atoms with van der Waals surface area (Å²) >= 11 is 0. The molecule has 0 spiro atoms. The molecule has 0 saturated heterocycles. The van der Waals surface area contributed by atoms with Gasteiger partial charge in [-0.2, -0.15) is 5.26 Å². The third kappa shape index (κ3) is 2.99. The summed E-state index contributed by atoms with van der Waals surface area (Å²) in [5, 5.41) is 8.75. The molecule has 1 amide bonds. The number of anilines is 1. The van der Waals surface area contributed by atoms with E-state index in [-0.39, 0.29) is 17.9 Å². The second-order valence-corrected chi connectivity index (χ2v) is 4.47. The Kier molecular flexibility index (Phi) is 4.69. The molecule has 1 rings (SSSR count). The first kappa shape index (κ1) is 14.0. The highest BCUT2D eigenvalue weighted by Crippen LogP contribution is 2.20. The van der Waals surface area contributed by atoms with E-state index in [1.807, 2.05) is 37.9 Å². The minimum atomic E-state index is -0.345. The zero-order valence-electron chi connectivity index (χ0n) is 10.8. The van der Waals surface area contributed by atoms with Gasteiger partial charge in [0.05, 0.1) is 11.6 Å². The zero-order chi connectivity index (χ0) is 13.7. The van der Waals surface area contributed by atoms with Crippen LogP contribution in [0.4, 0.5) is 5.69 Å². The number of carbonyl (C=O) groups excluding carboxylic acids is 1. The first-order valence-corrected chi connectivity index (χ1v) is 5.74. The summed E-state index contributed by atoms with van der Waals surface area (Å²) in [5.74, 6) is 5.10. The molecule has 1 atom stereocenters. The van der Waals surface area contributed by atoms with Crippen molar-refractivity contribution in [3.8, 4) is 6.07 Å². The van der Waals surface area contributed by atoms with Gasteiger partial charge < -0.3 is 4.90 Å². The van der Waals surface area contributed by atoms with Crippen molar-refractivity contribution < 1.29 is 4.79 Å². The molecular formula is C13H18N4O. The zero-order valence-corrected chi connectivity index (χ0v) is 10.8. The van der Waals surface area contributed by atoms with Crippen molar-refractivity contribution in [2.24, 2.45) is 11.8 Å². The van der Waals surface area contributed by atoms with Crippen LogP contribution in [0, 0.1) is 17.2 Å². The Morgan fingerprint density at radius 1 is 1.39 bits per heavy atom. The lowest BCUT2D eigenvalue weighted by Crippen LogP contribution is -2.50. The van der Waals surface area contributed by atoms with Gasteiger partial charge in [-0.3, -0.25) is 10.2 Å². The molecule has 1 aromatic rings. The van der Waals surface area contributed by atoms with Crippen LogP contribution >= 0.6 is 0 Å². The Hall–Kier alpha value is -2.06. The van der Waals surface area contributed by atoms with E-state index in [0.717, 1.165) is 5.69 Å². The molecule has 18 heavy (non-hydrogen) atoms. The monoisotopic (exact) mass is 246 g/mol. The predicted octanol–water partition coefficient (Wildman–Crippen LogP) is 1.01. The molecule has 0 aliphatic heterocycles. The number of nitrogens with two attached hydrogens (primary N) is 1. The van der Waals surface area contributed by atoms with Gasteiger partial charge in [-0.15, -0.1) is 0 Å². The van der Waals surface area contributed by atoms with E-state index < -0.39 is 0 Å². The van der Waals surface area contributed by atoms with E-state index in [0.29, 0.717) is 5.56 Å². The average Bonchev–Trinajstić information content (AvgIpc) is 2.38. The summed E-state index contributed by atoms with van der Waals surface area (Å²) in [5.41, 5.74) is 3.65. The van der Waals surface area contributed by atoms with Crippen LogP contribution < -0.4 is 16.2 Å². The second-order valence-electron chi connectivity index (χ2n) is 4.47. The van der Waals surface area contributed by atoms with Gasteiger partial charge in [0.1, 0.15) is 6.04 Å². The van der Waals surface area contributed by atoms with Crippen molar-refractivity contribution in [2.75, 3.05) is 11.9 Å². The van der Waals surface area contributed by atoms with Gasteiger partial charge in [0.15, 0.2) is 0 Å². The Bertz CT molecular complexity index is 447. The van der Waals surface area contributed by atoms with Crippen LogP contribution in [0.15, 0.2) is 24.3 Å². The van der Waals surface area contributed by atoms with Gasteiger partial charge in [0, 0.05) is 12.7 Å². The Morgan fingerprint density at radius 3 is 2.33 bits per heavy atom. The Morgan fingerprint density at radius 2 is 1.94 bits per heavy atom. The molecule has 0 fully saturated rings. The van der Waals surface area contributed by atoms with Crippen molar-refractivity contribution in [2.45, 2.75) is 19.9 Å². The summed E-state index contributed by atoms with van der Waals surface area (Å²) in [6.45, 7) is 3.92. The molecule has 1 aromatic carbocycles. The van der Waals surface area contributed by atoms with Crippen molar-refractivity contribution in [1.29, 1.82) is 5.26 Å². The number of likely N-dealkylation sites (N-methyl/N-ethyl adjacent to an activating group) is 1. The number of hydrogen-bond acceptors (Lipinski definition) is 4. The van der Waals surface area contributed by atoms with E-state index in [9.17, 15) is 4.79 Å². The molecule has 0 bridgehead atoms. The number of benzene rings is 1. The maximum atomic E-state index is 11.8. The fourth-order valence-corrected chi connectivity index (χ4v) is 1.94. The molecule has 0 aliphatic carbocycles. The van der Waals surface area contributed by atoms with Crippen LogP contribution in [-0.2, 0) is 4.79 Å². The van der Waals surface area contributed by atoms with Crippen molar-refractivity contribution in [3.05, 3.63) is 29.8 Å². The van der Waals surface area contributed by atoms with E-state index in [4.69, 9.17) is 11.1 Å². The second kappa shape index (κ2) is 6.03. The van der Waals surface area contributed by atoms with Crippen molar-refractivity contribution in [3.63, 3.8) is 0 Å². The molecule has 96 valence electrons. The molecule has 3 N–H and O–H groups in total. The topological polar surface area (TPSA) is 82.2 Å². The first-order valence-electron chi connectivity index (χ1n) is 5.74. The number of nitrogens with zero attached hydrogens (tertiary/aromatic N) is 2. The van der Waals surface area contributed by atoms with Crippen molar-refractivity contribution >= 4 is 11.6 Å². The molecule has 5 nitrogen and oxygen atoms in total. The lowest BCUT2D eigenvalue weighted by molar-refractivity contribution is -0.123. The number of amides is 1. The number of rotatable bonds is 4. The standard InChI is InChI=1S/C13H18N4O/c1-9(2)12(13(18)16-15)17(3)11-6-4-10(8-14)5-7-11/h4-7,9,12H,15H2,1-3H3,(H,16,18). The van der Waals surface area contributed by atoms with Crippen LogP contribution in [0.25, 0.3) is 0 Å². The molecule has 1 unspecified atom stereocenters. The Balaban J connectivity index is 2.98. The number of nitrogens with one attached hydrogen (secondary N) is 1. The van der Waals surface area contributed by atoms with Crippen LogP contribution in [0.5, 0.6) is 0 Å². The van der Waals surface area contributed by atoms with Crippen molar-refractivity contribution in [1.82, 2.24) is 5.43 Å². The fraction of sp³-hybridized carbons (Fsp3) is 0.385. The summed E-state index contributed by atoms with van der Waals surface area (Å²) in [6.07, 6.45) is 0. The third-order valence-electron chi connectivity index (χ3n) is 2.86. The lowest BCUT2D eigenvalue weighted by atomic mass is 10.0. The van der Waals surface area contributed by atoms with E-state index in [2.05, 4.69) is 11.5 Å². The maximum absolute atomic E-state index is 11.8. The number of nitriles is 1. The molecule has 0 saturated carbocycles. The predicted molar refractivity (Wildman–Crippen MR) is 70.5 cm³/mol. The van der Waals surface area contributed by atoms with E-state index >= 15 is 0 Å². The fourth-order valence-electron chi connectivity index (χ4n) is 1.94. The quantitative estimate of drug-likeness (QED) is 0.472. The van der Waals surface area contributed by atoms with Gasteiger partial charge in [0.2, 0.25) is 0 Å². The third-order valence-corrected chi connectivity index (χ3v) is 2.86. The van der Waals surface area contributed by atoms with Gasteiger partial charge in [0.25, 0.3) is 5.91 Å². The summed E-state index contributed by atoms with van der Waals surface area (Å²) in [6, 6.07) is 8.80. The highest BCUT2D eigenvalue weighted by Gasteiger charge is 2.26. The number of hydrazine groups is 1. The molecule has 0 radical (unpaired) electrons. The smallest absolute Gasteiger partial charge is 0.256 e. The molecule has 0 heterocycles. The minimum Gasteiger partial charge on any atom is -0.362 e. The van der Waals surface area contributed by atoms with Gasteiger partial charge in [-0.25, -0.2) is 5.84 Å². The van der Waals surface area contributed by atoms with Gasteiger partial charge >= 0.3 is 0 Å². The largest absolute Gasteiger partial charge is 0.362 e. The molecule has 5 heteroatoms. The minimum absolute atomic E-state index is 0.120. The highest BCUT2D eigenvalue weighted by atomic mass is 16.2. The van der Waals surface area contributed by atoms with E-state index in [1.165, 1.54) is 0 Å². The summed E-state index contributed by atoms with van der Waals surface area (Å²) < 4.78 is 0. The average molecular weight is 246 g/mol. The highest BCUT2D eigenvalue weighted by molar-refractivity contribution is 5.84. The molecular weight excluding hydrogens is 228 g/mol. The molecule has 0 aromatic heterocycles. The summed E-state index contributed by atoms with van der Waals surface area (Å²) in [7, 11) is 1.83. The lowest BCUT2D eigenvalue weighted by Gasteiger charge is -2.31. The normalized spacial score (nSPS) is 11.8. The summed E-state index contributed by atoms with van der Waals surface area (Å²) in [4.78, 5) is 13.6. The Labute approximate surface area is 107 Å². The number of hydrogen-bond donors (Lipinski definition) is 2. The van der Waals surface area contributed by atoms with Crippen LogP contribution in [0.2, 0.25) is 0 Å². The molecule has 0 aliphatic rings. The number of carbonyl (C=O) groups is 1.